The summed E-state index contributed by atoms with van der Waals surface area (Å²) in [5, 5.41) is 0. The maximum absolute atomic E-state index is 6.04. The van der Waals surface area contributed by atoms with Crippen molar-refractivity contribution in [1.29, 1.82) is 0 Å². The molecule has 2 aliphatic rings. The van der Waals surface area contributed by atoms with Gasteiger partial charge in [0, 0.05) is 5.92 Å². The minimum absolute atomic E-state index is 0.0952. The third-order valence-electron chi connectivity index (χ3n) is 2.82. The van der Waals surface area contributed by atoms with Gasteiger partial charge in [0.15, 0.2) is 0 Å². The molecular weight excluding hydrogens is 417 g/mol. The van der Waals surface area contributed by atoms with Crippen molar-refractivity contribution in [3.63, 3.8) is 0 Å². The Hall–Kier alpha value is 0.990. The molecule has 1 aromatic rings. The van der Waals surface area contributed by atoms with Crippen molar-refractivity contribution >= 4 is 64.4 Å². The second-order valence-electron chi connectivity index (χ2n) is 4.37. The summed E-state index contributed by atoms with van der Waals surface area (Å²) >= 11 is 24.2. The van der Waals surface area contributed by atoms with Crippen LogP contribution in [0.2, 0.25) is 0 Å². The summed E-state index contributed by atoms with van der Waals surface area (Å²) in [6.45, 7) is 0.790. The van der Waals surface area contributed by atoms with E-state index in [0.717, 1.165) is 5.56 Å². The van der Waals surface area contributed by atoms with Gasteiger partial charge in [0.25, 0.3) is 11.8 Å². The van der Waals surface area contributed by atoms with E-state index < -0.39 is 19.5 Å². The van der Waals surface area contributed by atoms with Crippen LogP contribution in [0.15, 0.2) is 43.9 Å². The van der Waals surface area contributed by atoms with Crippen molar-refractivity contribution in [3.8, 4) is 0 Å². The fourth-order valence-corrected chi connectivity index (χ4v) is 16.0. The van der Waals surface area contributed by atoms with Gasteiger partial charge in [0.05, 0.1) is 13.2 Å². The summed E-state index contributed by atoms with van der Waals surface area (Å²) < 4.78 is 23.7. The summed E-state index contributed by atoms with van der Waals surface area (Å²) in [5.41, 5.74) is 1.12. The monoisotopic (exact) mass is 425 g/mol. The first-order valence-corrected chi connectivity index (χ1v) is 14.4. The lowest BCUT2D eigenvalue weighted by atomic mass is 10.0. The molecule has 0 saturated carbocycles. The van der Waals surface area contributed by atoms with Crippen molar-refractivity contribution < 1.29 is 9.05 Å². The van der Waals surface area contributed by atoms with Crippen LogP contribution in [0.3, 0.4) is 0 Å². The number of halogens is 4. The molecule has 1 spiro atoms. The Morgan fingerprint density at radius 3 is 2.00 bits per heavy atom. The molecule has 0 aromatic heterocycles. The first-order chi connectivity index (χ1) is 9.79. The van der Waals surface area contributed by atoms with E-state index in [2.05, 4.69) is 13.5 Å². The van der Waals surface area contributed by atoms with E-state index in [0.29, 0.717) is 13.2 Å². The van der Waals surface area contributed by atoms with Crippen LogP contribution < -0.4 is 0 Å². The van der Waals surface area contributed by atoms with Crippen LogP contribution >= 0.6 is 64.4 Å². The van der Waals surface area contributed by atoms with Crippen LogP contribution in [-0.4, -0.2) is 13.2 Å². The van der Waals surface area contributed by atoms with Crippen LogP contribution in [0.4, 0.5) is 0 Å². The van der Waals surface area contributed by atoms with Gasteiger partial charge in [0.1, 0.15) is 0 Å². The molecule has 0 radical (unpaired) electrons. The smallest absolute Gasteiger partial charge is 0.306 e. The van der Waals surface area contributed by atoms with E-state index in [1.165, 1.54) is 0 Å². The van der Waals surface area contributed by atoms with Crippen LogP contribution in [0.1, 0.15) is 11.5 Å². The average Bonchev–Trinajstić information content (AvgIpc) is 2.36. The molecular formula is C9H10Cl4N3O2P3. The highest BCUT2D eigenvalue weighted by molar-refractivity contribution is 8.20. The summed E-state index contributed by atoms with van der Waals surface area (Å²) in [4.78, 5) is 0. The van der Waals surface area contributed by atoms with Gasteiger partial charge >= 0.3 is 7.66 Å². The normalized spacial score (nSPS) is 33.6. The summed E-state index contributed by atoms with van der Waals surface area (Å²) in [6.07, 6.45) is 0. The molecule has 0 unspecified atom stereocenters. The van der Waals surface area contributed by atoms with E-state index in [-0.39, 0.29) is 5.92 Å². The topological polar surface area (TPSA) is 55.5 Å². The zero-order valence-corrected chi connectivity index (χ0v) is 16.1. The lowest BCUT2D eigenvalue weighted by molar-refractivity contribution is 0.150. The van der Waals surface area contributed by atoms with E-state index in [1.54, 1.807) is 0 Å². The van der Waals surface area contributed by atoms with Gasteiger partial charge in [-0.3, -0.25) is 0 Å². The lowest BCUT2D eigenvalue weighted by Crippen LogP contribution is -2.18. The van der Waals surface area contributed by atoms with Crippen molar-refractivity contribution in [2.75, 3.05) is 13.2 Å². The Kier molecular flexibility index (Phi) is 4.91. The molecule has 0 aliphatic carbocycles. The molecule has 0 bridgehead atoms. The second-order valence-corrected chi connectivity index (χ2v) is 16.5. The molecule has 3 rings (SSSR count). The standard InChI is InChI=1S/C9H10Cl4N3O2P3/c10-19(11)14-20(12,13)16-21(15-19)17-6-9(7-18-21)8-4-2-1-3-5-8/h1-5,9H,6-7H2. The van der Waals surface area contributed by atoms with Crippen LogP contribution in [0, 0.1) is 0 Å². The van der Waals surface area contributed by atoms with Crippen LogP contribution in [0.25, 0.3) is 0 Å². The number of benzene rings is 1. The zero-order chi connectivity index (χ0) is 15.1. The Morgan fingerprint density at radius 1 is 0.857 bits per heavy atom. The molecule has 0 atom stereocenters. The predicted octanol–water partition coefficient (Wildman–Crippen LogP) is 7.62. The largest absolute Gasteiger partial charge is 0.345 e. The van der Waals surface area contributed by atoms with E-state index in [9.17, 15) is 0 Å². The summed E-state index contributed by atoms with van der Waals surface area (Å²) in [6, 6.07) is 9.91. The quantitative estimate of drug-likeness (QED) is 0.433. The molecule has 1 saturated heterocycles. The van der Waals surface area contributed by atoms with Gasteiger partial charge < -0.3 is 9.05 Å². The SMILES string of the molecule is ClP1(Cl)=NP(Cl)(Cl)=NP2(=N1)OCC(c1ccccc1)CO2. The van der Waals surface area contributed by atoms with Crippen molar-refractivity contribution in [2.24, 2.45) is 13.5 Å². The molecule has 0 N–H and O–H groups in total. The molecule has 116 valence electrons. The van der Waals surface area contributed by atoms with Gasteiger partial charge in [0.2, 0.25) is 0 Å². The van der Waals surface area contributed by atoms with Gasteiger partial charge in [-0.2, -0.15) is 13.5 Å². The molecule has 1 fully saturated rings. The van der Waals surface area contributed by atoms with Gasteiger partial charge in [-0.1, -0.05) is 30.3 Å². The average molecular weight is 427 g/mol. The third-order valence-corrected chi connectivity index (χ3v) is 13.9. The second kappa shape index (κ2) is 6.13. The number of hydrogen-bond acceptors (Lipinski definition) is 5. The highest BCUT2D eigenvalue weighted by Crippen LogP contribution is 2.86. The molecule has 21 heavy (non-hydrogen) atoms. The maximum atomic E-state index is 6.04. The van der Waals surface area contributed by atoms with Crippen LogP contribution in [-0.2, 0) is 9.05 Å². The fourth-order valence-electron chi connectivity index (χ4n) is 1.94. The Bertz CT molecular complexity index is 695. The summed E-state index contributed by atoms with van der Waals surface area (Å²) in [5.74, 6) is -5.90. The zero-order valence-electron chi connectivity index (χ0n) is 10.4. The molecule has 5 nitrogen and oxygen atoms in total. The van der Waals surface area contributed by atoms with Gasteiger partial charge in [-0.25, -0.2) is 0 Å². The first-order valence-electron chi connectivity index (χ1n) is 5.83. The lowest BCUT2D eigenvalue weighted by Gasteiger charge is -2.32. The fraction of sp³-hybridized carbons (Fsp3) is 0.333. The highest BCUT2D eigenvalue weighted by atomic mass is 35.9. The van der Waals surface area contributed by atoms with E-state index >= 15 is 0 Å². The van der Waals surface area contributed by atoms with Crippen molar-refractivity contribution in [2.45, 2.75) is 5.92 Å². The minimum Gasteiger partial charge on any atom is -0.306 e. The predicted molar refractivity (Wildman–Crippen MR) is 92.5 cm³/mol. The maximum Gasteiger partial charge on any atom is 0.345 e. The van der Waals surface area contributed by atoms with Crippen molar-refractivity contribution in [3.05, 3.63) is 35.9 Å². The van der Waals surface area contributed by atoms with Gasteiger partial charge in [-0.15, -0.1) is 0 Å². The Morgan fingerprint density at radius 2 is 1.43 bits per heavy atom. The number of nitrogens with zero attached hydrogens (tertiary/aromatic N) is 3. The summed E-state index contributed by atoms with van der Waals surface area (Å²) in [7, 11) is -2.96. The van der Waals surface area contributed by atoms with E-state index in [1.807, 2.05) is 30.3 Å². The molecule has 2 aliphatic heterocycles. The van der Waals surface area contributed by atoms with Crippen molar-refractivity contribution in [1.82, 2.24) is 0 Å². The Labute approximate surface area is 141 Å². The van der Waals surface area contributed by atoms with E-state index in [4.69, 9.17) is 54.0 Å². The highest BCUT2D eigenvalue weighted by Gasteiger charge is 2.39. The minimum atomic E-state index is -3.00. The molecule has 0 amide bonds. The third kappa shape index (κ3) is 4.10. The molecule has 12 heteroatoms. The molecule has 2 heterocycles. The molecule has 1 aromatic carbocycles. The first kappa shape index (κ1) is 16.8. The van der Waals surface area contributed by atoms with Gasteiger partial charge in [-0.05, 0) is 50.5 Å². The van der Waals surface area contributed by atoms with Crippen LogP contribution in [0.5, 0.6) is 0 Å². The number of rotatable bonds is 1. The Balaban J connectivity index is 1.88. The number of hydrogen-bond donors (Lipinski definition) is 0.